The van der Waals surface area contributed by atoms with Gasteiger partial charge in [0.1, 0.15) is 11.5 Å². The highest BCUT2D eigenvalue weighted by Gasteiger charge is 2.14. The number of hydrogen-bond donors (Lipinski definition) is 1. The molecule has 0 spiro atoms. The molecule has 3 aromatic carbocycles. The minimum atomic E-state index is -0.0137. The van der Waals surface area contributed by atoms with E-state index in [0.29, 0.717) is 18.0 Å². The van der Waals surface area contributed by atoms with E-state index in [4.69, 9.17) is 9.47 Å². The van der Waals surface area contributed by atoms with Crippen LogP contribution in [0.2, 0.25) is 0 Å². The zero-order valence-corrected chi connectivity index (χ0v) is 16.9. The third-order valence-corrected chi connectivity index (χ3v) is 4.93. The standard InChI is InChI=1S/C25H27NO3/c1-28-22-15-19(16-23(18-22)29-2)17-25(27)26-14-13-24(20-9-5-3-6-10-20)21-11-7-4-8-12-21/h3-12,15-16,18,24H,13-14,17H2,1-2H3,(H,26,27). The van der Waals surface area contributed by atoms with Crippen LogP contribution in [-0.4, -0.2) is 26.7 Å². The first kappa shape index (κ1) is 20.5. The Balaban J connectivity index is 1.62. The Morgan fingerprint density at radius 1 is 0.828 bits per heavy atom. The van der Waals surface area contributed by atoms with Crippen molar-refractivity contribution >= 4 is 5.91 Å². The van der Waals surface area contributed by atoms with E-state index in [-0.39, 0.29) is 18.2 Å². The molecule has 4 heteroatoms. The van der Waals surface area contributed by atoms with Gasteiger partial charge in [-0.3, -0.25) is 4.79 Å². The first-order valence-corrected chi connectivity index (χ1v) is 9.78. The Morgan fingerprint density at radius 2 is 1.34 bits per heavy atom. The van der Waals surface area contributed by atoms with Crippen LogP contribution in [0.15, 0.2) is 78.9 Å². The monoisotopic (exact) mass is 389 g/mol. The van der Waals surface area contributed by atoms with Crippen LogP contribution in [0.25, 0.3) is 0 Å². The maximum atomic E-state index is 12.5. The summed E-state index contributed by atoms with van der Waals surface area (Å²) in [5.41, 5.74) is 3.37. The Kier molecular flexibility index (Phi) is 7.28. The number of hydrogen-bond acceptors (Lipinski definition) is 3. The van der Waals surface area contributed by atoms with Crippen LogP contribution in [0.3, 0.4) is 0 Å². The second kappa shape index (κ2) is 10.3. The molecule has 0 aliphatic rings. The molecular formula is C25H27NO3. The zero-order valence-electron chi connectivity index (χ0n) is 16.9. The van der Waals surface area contributed by atoms with Gasteiger partial charge in [-0.15, -0.1) is 0 Å². The summed E-state index contributed by atoms with van der Waals surface area (Å²) in [6.45, 7) is 0.606. The lowest BCUT2D eigenvalue weighted by atomic mass is 9.88. The molecule has 4 nitrogen and oxygen atoms in total. The van der Waals surface area contributed by atoms with Crippen LogP contribution in [-0.2, 0) is 11.2 Å². The third kappa shape index (κ3) is 5.85. The number of benzene rings is 3. The van der Waals surface area contributed by atoms with Crippen molar-refractivity contribution in [2.75, 3.05) is 20.8 Å². The van der Waals surface area contributed by atoms with Gasteiger partial charge in [0.05, 0.1) is 20.6 Å². The summed E-state index contributed by atoms with van der Waals surface area (Å²) in [4.78, 5) is 12.5. The molecular weight excluding hydrogens is 362 g/mol. The fourth-order valence-corrected chi connectivity index (χ4v) is 3.47. The van der Waals surface area contributed by atoms with Gasteiger partial charge in [0.2, 0.25) is 5.91 Å². The molecule has 0 aromatic heterocycles. The van der Waals surface area contributed by atoms with Crippen molar-refractivity contribution in [3.8, 4) is 11.5 Å². The van der Waals surface area contributed by atoms with E-state index in [2.05, 4.69) is 53.8 Å². The highest BCUT2D eigenvalue weighted by atomic mass is 16.5. The lowest BCUT2D eigenvalue weighted by Gasteiger charge is -2.18. The summed E-state index contributed by atoms with van der Waals surface area (Å²) in [5.74, 6) is 1.59. The maximum absolute atomic E-state index is 12.5. The van der Waals surface area contributed by atoms with Crippen LogP contribution >= 0.6 is 0 Å². The molecule has 0 radical (unpaired) electrons. The molecule has 0 unspecified atom stereocenters. The van der Waals surface area contributed by atoms with Gasteiger partial charge in [-0.25, -0.2) is 0 Å². The number of rotatable bonds is 9. The topological polar surface area (TPSA) is 47.6 Å². The molecule has 0 saturated carbocycles. The third-order valence-electron chi connectivity index (χ3n) is 4.93. The van der Waals surface area contributed by atoms with Crippen LogP contribution in [0.5, 0.6) is 11.5 Å². The number of carbonyl (C=O) groups excluding carboxylic acids is 1. The first-order valence-electron chi connectivity index (χ1n) is 9.78. The Labute approximate surface area is 172 Å². The van der Waals surface area contributed by atoms with Gasteiger partial charge in [-0.1, -0.05) is 60.7 Å². The van der Waals surface area contributed by atoms with Crippen LogP contribution in [0, 0.1) is 0 Å². The molecule has 150 valence electrons. The summed E-state index contributed by atoms with van der Waals surface area (Å²) >= 11 is 0. The molecule has 3 rings (SSSR count). The second-order valence-electron chi connectivity index (χ2n) is 6.91. The molecule has 0 heterocycles. The van der Waals surface area contributed by atoms with Gasteiger partial charge in [0.25, 0.3) is 0 Å². The van der Waals surface area contributed by atoms with Crippen LogP contribution in [0.4, 0.5) is 0 Å². The van der Waals surface area contributed by atoms with Crippen molar-refractivity contribution in [3.05, 3.63) is 95.6 Å². The van der Waals surface area contributed by atoms with Gasteiger partial charge in [-0.05, 0) is 35.2 Å². The SMILES string of the molecule is COc1cc(CC(=O)NCCC(c2ccccc2)c2ccccc2)cc(OC)c1. The molecule has 0 saturated heterocycles. The minimum absolute atomic E-state index is 0.0137. The predicted molar refractivity (Wildman–Crippen MR) is 116 cm³/mol. The summed E-state index contributed by atoms with van der Waals surface area (Å²) in [5, 5.41) is 3.06. The van der Waals surface area contributed by atoms with Gasteiger partial charge in [0, 0.05) is 18.5 Å². The van der Waals surface area contributed by atoms with Crippen molar-refractivity contribution < 1.29 is 14.3 Å². The maximum Gasteiger partial charge on any atom is 0.224 e. The molecule has 0 aliphatic carbocycles. The van der Waals surface area contributed by atoms with Gasteiger partial charge < -0.3 is 14.8 Å². The van der Waals surface area contributed by atoms with Crippen molar-refractivity contribution in [1.29, 1.82) is 0 Å². The number of nitrogens with one attached hydrogen (secondary N) is 1. The van der Waals surface area contributed by atoms with E-state index >= 15 is 0 Å². The average Bonchev–Trinajstić information content (AvgIpc) is 2.77. The van der Waals surface area contributed by atoms with Crippen LogP contribution < -0.4 is 14.8 Å². The Bertz CT molecular complexity index is 848. The quantitative estimate of drug-likeness (QED) is 0.582. The molecule has 1 N–H and O–H groups in total. The summed E-state index contributed by atoms with van der Waals surface area (Å²) in [6, 6.07) is 26.4. The number of carbonyl (C=O) groups is 1. The molecule has 0 atom stereocenters. The van der Waals surface area contributed by atoms with E-state index in [1.165, 1.54) is 11.1 Å². The fraction of sp³-hybridized carbons (Fsp3) is 0.240. The van der Waals surface area contributed by atoms with E-state index in [1.54, 1.807) is 20.3 Å². The predicted octanol–water partition coefficient (Wildman–Crippen LogP) is 4.58. The molecule has 1 amide bonds. The highest BCUT2D eigenvalue weighted by molar-refractivity contribution is 5.78. The minimum Gasteiger partial charge on any atom is -0.497 e. The Morgan fingerprint density at radius 3 is 1.83 bits per heavy atom. The van der Waals surface area contributed by atoms with Crippen molar-refractivity contribution in [2.45, 2.75) is 18.8 Å². The average molecular weight is 389 g/mol. The van der Waals surface area contributed by atoms with Gasteiger partial charge >= 0.3 is 0 Å². The molecule has 0 fully saturated rings. The van der Waals surface area contributed by atoms with Crippen LogP contribution in [0.1, 0.15) is 29.0 Å². The smallest absolute Gasteiger partial charge is 0.224 e. The fourth-order valence-electron chi connectivity index (χ4n) is 3.47. The molecule has 3 aromatic rings. The lowest BCUT2D eigenvalue weighted by molar-refractivity contribution is -0.120. The first-order chi connectivity index (χ1) is 14.2. The summed E-state index contributed by atoms with van der Waals surface area (Å²) in [6.07, 6.45) is 1.12. The lowest BCUT2D eigenvalue weighted by Crippen LogP contribution is -2.27. The van der Waals surface area contributed by atoms with Crippen molar-refractivity contribution in [3.63, 3.8) is 0 Å². The van der Waals surface area contributed by atoms with E-state index < -0.39 is 0 Å². The Hall–Kier alpha value is -3.27. The number of ether oxygens (including phenoxy) is 2. The molecule has 29 heavy (non-hydrogen) atoms. The van der Waals surface area contributed by atoms with Gasteiger partial charge in [0.15, 0.2) is 0 Å². The summed E-state index contributed by atoms with van der Waals surface area (Å²) < 4.78 is 10.6. The largest absolute Gasteiger partial charge is 0.497 e. The number of amides is 1. The molecule has 0 bridgehead atoms. The van der Waals surface area contributed by atoms with E-state index in [0.717, 1.165) is 12.0 Å². The highest BCUT2D eigenvalue weighted by Crippen LogP contribution is 2.27. The summed E-state index contributed by atoms with van der Waals surface area (Å²) in [7, 11) is 3.21. The zero-order chi connectivity index (χ0) is 20.5. The molecule has 0 aliphatic heterocycles. The van der Waals surface area contributed by atoms with Crippen molar-refractivity contribution in [2.24, 2.45) is 0 Å². The van der Waals surface area contributed by atoms with E-state index in [9.17, 15) is 4.79 Å². The van der Waals surface area contributed by atoms with Gasteiger partial charge in [-0.2, -0.15) is 0 Å². The van der Waals surface area contributed by atoms with Crippen molar-refractivity contribution in [1.82, 2.24) is 5.32 Å². The second-order valence-corrected chi connectivity index (χ2v) is 6.91. The van der Waals surface area contributed by atoms with E-state index in [1.807, 2.05) is 24.3 Å². The normalized spacial score (nSPS) is 10.6. The number of methoxy groups -OCH3 is 2.